The van der Waals surface area contributed by atoms with Crippen molar-refractivity contribution in [2.75, 3.05) is 39.3 Å². The summed E-state index contributed by atoms with van der Waals surface area (Å²) in [4.78, 5) is 34.8. The minimum Gasteiger partial charge on any atom is -0.368 e. The molecule has 1 aromatic rings. The lowest BCUT2D eigenvalue weighted by Crippen LogP contribution is -2.55. The maximum atomic E-state index is 12.6. The molecule has 25 heavy (non-hydrogen) atoms. The number of imidazole rings is 1. The molecular formula is C17H28N6O2. The van der Waals surface area contributed by atoms with E-state index in [0.717, 1.165) is 51.4 Å². The van der Waals surface area contributed by atoms with Gasteiger partial charge in [-0.1, -0.05) is 0 Å². The van der Waals surface area contributed by atoms with Crippen molar-refractivity contribution >= 4 is 11.8 Å². The number of nitrogens with two attached hydrogens (primary N) is 1. The topological polar surface area (TPSA) is 87.7 Å². The Morgan fingerprint density at radius 3 is 2.52 bits per heavy atom. The number of piperazine rings is 1. The highest BCUT2D eigenvalue weighted by molar-refractivity contribution is 5.87. The Morgan fingerprint density at radius 1 is 1.16 bits per heavy atom. The maximum Gasteiger partial charge on any atom is 0.240 e. The van der Waals surface area contributed by atoms with Crippen LogP contribution < -0.4 is 5.73 Å². The fourth-order valence-corrected chi connectivity index (χ4v) is 3.66. The molecule has 0 unspecified atom stereocenters. The van der Waals surface area contributed by atoms with Gasteiger partial charge in [0.25, 0.3) is 0 Å². The molecule has 138 valence electrons. The van der Waals surface area contributed by atoms with Crippen LogP contribution in [-0.2, 0) is 23.2 Å². The van der Waals surface area contributed by atoms with Gasteiger partial charge in [-0.3, -0.25) is 19.4 Å². The average molecular weight is 348 g/mol. The number of carbonyl (C=O) groups is 2. The van der Waals surface area contributed by atoms with Crippen LogP contribution in [0.3, 0.4) is 0 Å². The molecule has 8 heteroatoms. The third-order valence-electron chi connectivity index (χ3n) is 5.26. The van der Waals surface area contributed by atoms with Crippen molar-refractivity contribution in [3.63, 3.8) is 0 Å². The number of carbonyl (C=O) groups excluding carboxylic acids is 2. The van der Waals surface area contributed by atoms with Crippen molar-refractivity contribution in [2.45, 2.75) is 31.8 Å². The van der Waals surface area contributed by atoms with Gasteiger partial charge < -0.3 is 15.2 Å². The lowest BCUT2D eigenvalue weighted by Gasteiger charge is -2.38. The van der Waals surface area contributed by atoms with Gasteiger partial charge in [-0.15, -0.1) is 0 Å². The lowest BCUT2D eigenvalue weighted by molar-refractivity contribution is -0.142. The van der Waals surface area contributed by atoms with E-state index in [1.165, 1.54) is 0 Å². The number of rotatable bonds is 5. The second kappa shape index (κ2) is 7.97. The van der Waals surface area contributed by atoms with Gasteiger partial charge in [0.1, 0.15) is 11.9 Å². The monoisotopic (exact) mass is 348 g/mol. The molecule has 3 heterocycles. The standard InChI is InChI=1S/C17H28N6O2/c1-20-7-5-19-15(20)12-21-8-10-22(11-9-21)13-16(24)23-6-3-2-4-14(23)17(18)25/h5,7,14H,2-4,6,8-13H2,1H3,(H2,18,25)/t14-/m0/s1. The molecule has 0 spiro atoms. The normalized spacial score (nSPS) is 22.9. The van der Waals surface area contributed by atoms with Crippen LogP contribution in [0.15, 0.2) is 12.4 Å². The largest absolute Gasteiger partial charge is 0.368 e. The van der Waals surface area contributed by atoms with Crippen LogP contribution >= 0.6 is 0 Å². The highest BCUT2D eigenvalue weighted by Gasteiger charge is 2.31. The number of hydrogen-bond acceptors (Lipinski definition) is 5. The molecule has 2 aliphatic heterocycles. The van der Waals surface area contributed by atoms with Crippen LogP contribution in [0.5, 0.6) is 0 Å². The van der Waals surface area contributed by atoms with Crippen LogP contribution in [0.2, 0.25) is 0 Å². The van der Waals surface area contributed by atoms with Crippen LogP contribution in [0.1, 0.15) is 25.1 Å². The van der Waals surface area contributed by atoms with E-state index in [1.807, 2.05) is 24.0 Å². The zero-order valence-corrected chi connectivity index (χ0v) is 14.9. The van der Waals surface area contributed by atoms with Gasteiger partial charge >= 0.3 is 0 Å². The molecule has 0 bridgehead atoms. The van der Waals surface area contributed by atoms with E-state index in [4.69, 9.17) is 5.73 Å². The van der Waals surface area contributed by atoms with Crippen molar-refractivity contribution in [1.29, 1.82) is 0 Å². The summed E-state index contributed by atoms with van der Waals surface area (Å²) in [5.74, 6) is 0.705. The number of amides is 2. The quantitative estimate of drug-likeness (QED) is 0.768. The minimum absolute atomic E-state index is 0.0288. The summed E-state index contributed by atoms with van der Waals surface area (Å²) in [5, 5.41) is 0. The first-order valence-electron chi connectivity index (χ1n) is 9.04. The highest BCUT2D eigenvalue weighted by atomic mass is 16.2. The molecule has 0 aliphatic carbocycles. The van der Waals surface area contributed by atoms with Crippen LogP contribution in [0, 0.1) is 0 Å². The molecule has 2 fully saturated rings. The first-order valence-corrected chi connectivity index (χ1v) is 9.04. The molecule has 1 aromatic heterocycles. The van der Waals surface area contributed by atoms with Crippen LogP contribution in [-0.4, -0.2) is 81.4 Å². The number of likely N-dealkylation sites (tertiary alicyclic amines) is 1. The number of piperidine rings is 1. The van der Waals surface area contributed by atoms with E-state index in [-0.39, 0.29) is 11.8 Å². The van der Waals surface area contributed by atoms with Crippen molar-refractivity contribution in [1.82, 2.24) is 24.3 Å². The third-order valence-corrected chi connectivity index (χ3v) is 5.26. The molecule has 8 nitrogen and oxygen atoms in total. The molecule has 2 amide bonds. The summed E-state index contributed by atoms with van der Waals surface area (Å²) in [5.41, 5.74) is 5.46. The van der Waals surface area contributed by atoms with Crippen LogP contribution in [0.25, 0.3) is 0 Å². The van der Waals surface area contributed by atoms with E-state index in [9.17, 15) is 9.59 Å². The molecule has 2 N–H and O–H groups in total. The Labute approximate surface area is 148 Å². The molecule has 0 aromatic carbocycles. The fourth-order valence-electron chi connectivity index (χ4n) is 3.66. The summed E-state index contributed by atoms with van der Waals surface area (Å²) in [6, 6.07) is -0.425. The van der Waals surface area contributed by atoms with Gasteiger partial charge in [-0.25, -0.2) is 4.98 Å². The number of primary amides is 1. The van der Waals surface area contributed by atoms with Crippen molar-refractivity contribution in [3.05, 3.63) is 18.2 Å². The molecule has 0 radical (unpaired) electrons. The Bertz CT molecular complexity index is 608. The third kappa shape index (κ3) is 4.38. The Hall–Kier alpha value is -1.93. The first-order chi connectivity index (χ1) is 12.0. The molecule has 1 atom stereocenters. The highest BCUT2D eigenvalue weighted by Crippen LogP contribution is 2.17. The van der Waals surface area contributed by atoms with E-state index in [0.29, 0.717) is 19.5 Å². The van der Waals surface area contributed by atoms with Gasteiger partial charge in [0, 0.05) is 52.2 Å². The van der Waals surface area contributed by atoms with E-state index in [2.05, 4.69) is 14.8 Å². The van der Waals surface area contributed by atoms with Gasteiger partial charge in [0.05, 0.1) is 13.1 Å². The van der Waals surface area contributed by atoms with Gasteiger partial charge in [-0.2, -0.15) is 0 Å². The Balaban J connectivity index is 1.47. The number of hydrogen-bond donors (Lipinski definition) is 1. The van der Waals surface area contributed by atoms with Crippen molar-refractivity contribution in [2.24, 2.45) is 12.8 Å². The fraction of sp³-hybridized carbons (Fsp3) is 0.706. The smallest absolute Gasteiger partial charge is 0.240 e. The van der Waals surface area contributed by atoms with E-state index >= 15 is 0 Å². The lowest BCUT2D eigenvalue weighted by atomic mass is 10.0. The summed E-state index contributed by atoms with van der Waals surface area (Å²) in [7, 11) is 2.00. The van der Waals surface area contributed by atoms with Crippen molar-refractivity contribution in [3.8, 4) is 0 Å². The van der Waals surface area contributed by atoms with Crippen LogP contribution in [0.4, 0.5) is 0 Å². The zero-order chi connectivity index (χ0) is 17.8. The molecule has 0 saturated carbocycles. The molecule has 3 rings (SSSR count). The Morgan fingerprint density at radius 2 is 1.88 bits per heavy atom. The molecular weight excluding hydrogens is 320 g/mol. The average Bonchev–Trinajstić information content (AvgIpc) is 3.01. The molecule has 2 saturated heterocycles. The van der Waals surface area contributed by atoms with Gasteiger partial charge in [-0.05, 0) is 19.3 Å². The van der Waals surface area contributed by atoms with Gasteiger partial charge in [0.2, 0.25) is 11.8 Å². The second-order valence-electron chi connectivity index (χ2n) is 7.01. The minimum atomic E-state index is -0.425. The SMILES string of the molecule is Cn1ccnc1CN1CCN(CC(=O)N2CCCC[C@H]2C(N)=O)CC1. The maximum absolute atomic E-state index is 12.6. The summed E-state index contributed by atoms with van der Waals surface area (Å²) >= 11 is 0. The van der Waals surface area contributed by atoms with Crippen molar-refractivity contribution < 1.29 is 9.59 Å². The van der Waals surface area contributed by atoms with E-state index < -0.39 is 6.04 Å². The van der Waals surface area contributed by atoms with Gasteiger partial charge in [0.15, 0.2) is 0 Å². The predicted octanol–water partition coefficient (Wildman–Crippen LogP) is -0.596. The number of aromatic nitrogens is 2. The van der Waals surface area contributed by atoms with E-state index in [1.54, 1.807) is 4.90 Å². The second-order valence-corrected chi connectivity index (χ2v) is 7.01. The molecule has 2 aliphatic rings. The Kier molecular flexibility index (Phi) is 5.70. The summed E-state index contributed by atoms with van der Waals surface area (Å²) in [6.45, 7) is 5.39. The summed E-state index contributed by atoms with van der Waals surface area (Å²) in [6.07, 6.45) is 6.38. The number of aryl methyl sites for hydroxylation is 1. The zero-order valence-electron chi connectivity index (χ0n) is 14.9. The first kappa shape index (κ1) is 17.9. The number of nitrogens with zero attached hydrogens (tertiary/aromatic N) is 5. The summed E-state index contributed by atoms with van der Waals surface area (Å²) < 4.78 is 2.04. The predicted molar refractivity (Wildman–Crippen MR) is 93.5 cm³/mol.